The maximum atomic E-state index is 11.2. The molecule has 0 spiro atoms. The molecule has 1 amide bonds. The second-order valence-corrected chi connectivity index (χ2v) is 5.27. The first-order valence-corrected chi connectivity index (χ1v) is 6.88. The summed E-state index contributed by atoms with van der Waals surface area (Å²) in [6.07, 6.45) is 1.88. The Hall–Kier alpha value is -1.94. The van der Waals surface area contributed by atoms with Crippen molar-refractivity contribution in [3.05, 3.63) is 46.2 Å². The van der Waals surface area contributed by atoms with E-state index in [9.17, 15) is 4.79 Å². The highest BCUT2D eigenvalue weighted by Crippen LogP contribution is 2.20. The van der Waals surface area contributed by atoms with Crippen molar-refractivity contribution in [1.29, 1.82) is 0 Å². The molecule has 1 heterocycles. The lowest BCUT2D eigenvalue weighted by Gasteiger charge is -2.14. The molecule has 1 aromatic carbocycles. The van der Waals surface area contributed by atoms with Crippen molar-refractivity contribution in [2.75, 3.05) is 11.9 Å². The van der Waals surface area contributed by atoms with E-state index in [0.717, 1.165) is 11.4 Å². The maximum absolute atomic E-state index is 11.2. The number of thiophene rings is 1. The summed E-state index contributed by atoms with van der Waals surface area (Å²) < 4.78 is 0. The number of anilines is 1. The molecule has 0 aliphatic rings. The summed E-state index contributed by atoms with van der Waals surface area (Å²) in [5.41, 5.74) is 2.99. The van der Waals surface area contributed by atoms with Gasteiger partial charge in [0.15, 0.2) is 0 Å². The Kier molecular flexibility index (Phi) is 4.12. The number of rotatable bonds is 3. The predicted molar refractivity (Wildman–Crippen MR) is 81.8 cm³/mol. The lowest BCUT2D eigenvalue weighted by atomic mass is 10.2. The number of carbonyl (C=O) groups excluding carboxylic acids is 1. The minimum atomic E-state index is 0.0189. The first-order valence-electron chi connectivity index (χ1n) is 6.00. The monoisotopic (exact) mass is 272 g/mol. The van der Waals surface area contributed by atoms with E-state index in [1.54, 1.807) is 30.2 Å². The number of hydrogen-bond donors (Lipinski definition) is 0. The average molecular weight is 272 g/mol. The Bertz CT molecular complexity index is 599. The van der Waals surface area contributed by atoms with E-state index in [2.05, 4.69) is 23.4 Å². The SMILES string of the molecule is CC(=O)N(C)c1ccc(N=Cc2sccc2C)cc1. The van der Waals surface area contributed by atoms with Crippen LogP contribution in [0.3, 0.4) is 0 Å². The molecule has 0 aliphatic carbocycles. The lowest BCUT2D eigenvalue weighted by Crippen LogP contribution is -2.22. The largest absolute Gasteiger partial charge is 0.316 e. The summed E-state index contributed by atoms with van der Waals surface area (Å²) in [5.74, 6) is 0.0189. The van der Waals surface area contributed by atoms with Gasteiger partial charge in [0.25, 0.3) is 0 Å². The summed E-state index contributed by atoms with van der Waals surface area (Å²) >= 11 is 1.68. The second kappa shape index (κ2) is 5.80. The fraction of sp³-hybridized carbons (Fsp3) is 0.200. The van der Waals surface area contributed by atoms with Crippen molar-refractivity contribution in [2.24, 2.45) is 4.99 Å². The molecule has 0 aliphatic heterocycles. The summed E-state index contributed by atoms with van der Waals surface area (Å²) in [4.78, 5) is 18.5. The van der Waals surface area contributed by atoms with Crippen LogP contribution in [0.2, 0.25) is 0 Å². The van der Waals surface area contributed by atoms with Crippen LogP contribution >= 0.6 is 11.3 Å². The molecule has 1 aromatic heterocycles. The van der Waals surface area contributed by atoms with Crippen LogP contribution in [0.25, 0.3) is 0 Å². The van der Waals surface area contributed by atoms with Crippen molar-refractivity contribution < 1.29 is 4.79 Å². The zero-order chi connectivity index (χ0) is 13.8. The predicted octanol–water partition coefficient (Wildman–Crippen LogP) is 3.79. The number of aliphatic imine (C=N–C) groups is 1. The number of carbonyl (C=O) groups is 1. The van der Waals surface area contributed by atoms with Gasteiger partial charge in [-0.2, -0.15) is 0 Å². The van der Waals surface area contributed by atoms with Gasteiger partial charge in [0.05, 0.1) is 5.69 Å². The van der Waals surface area contributed by atoms with Gasteiger partial charge in [-0.25, -0.2) is 0 Å². The molecule has 2 rings (SSSR count). The van der Waals surface area contributed by atoms with Gasteiger partial charge in [0, 0.05) is 30.8 Å². The van der Waals surface area contributed by atoms with Crippen LogP contribution in [0.4, 0.5) is 11.4 Å². The number of aryl methyl sites for hydroxylation is 1. The number of nitrogens with zero attached hydrogens (tertiary/aromatic N) is 2. The van der Waals surface area contributed by atoms with Crippen LogP contribution in [0.5, 0.6) is 0 Å². The van der Waals surface area contributed by atoms with Crippen molar-refractivity contribution in [3.8, 4) is 0 Å². The van der Waals surface area contributed by atoms with Gasteiger partial charge in [-0.3, -0.25) is 9.79 Å². The summed E-state index contributed by atoms with van der Waals surface area (Å²) in [7, 11) is 1.76. The first-order chi connectivity index (χ1) is 9.08. The van der Waals surface area contributed by atoms with E-state index >= 15 is 0 Å². The maximum Gasteiger partial charge on any atom is 0.223 e. The molecule has 0 saturated carbocycles. The van der Waals surface area contributed by atoms with Crippen LogP contribution in [-0.4, -0.2) is 19.2 Å². The molecular formula is C15H16N2OS. The molecule has 0 N–H and O–H groups in total. The van der Waals surface area contributed by atoms with Crippen molar-refractivity contribution in [1.82, 2.24) is 0 Å². The van der Waals surface area contributed by atoms with E-state index in [-0.39, 0.29) is 5.91 Å². The minimum Gasteiger partial charge on any atom is -0.316 e. The smallest absolute Gasteiger partial charge is 0.223 e. The number of hydrogen-bond acceptors (Lipinski definition) is 3. The third kappa shape index (κ3) is 3.29. The van der Waals surface area contributed by atoms with Crippen LogP contribution in [0.1, 0.15) is 17.4 Å². The highest BCUT2D eigenvalue weighted by molar-refractivity contribution is 7.11. The van der Waals surface area contributed by atoms with Crippen molar-refractivity contribution in [2.45, 2.75) is 13.8 Å². The Balaban J connectivity index is 2.13. The van der Waals surface area contributed by atoms with Gasteiger partial charge in [-0.1, -0.05) is 0 Å². The molecule has 19 heavy (non-hydrogen) atoms. The van der Waals surface area contributed by atoms with Crippen LogP contribution in [0, 0.1) is 6.92 Å². The Morgan fingerprint density at radius 3 is 2.47 bits per heavy atom. The van der Waals surface area contributed by atoms with E-state index in [4.69, 9.17) is 0 Å². The van der Waals surface area contributed by atoms with Crippen LogP contribution in [0.15, 0.2) is 40.7 Å². The van der Waals surface area contributed by atoms with E-state index < -0.39 is 0 Å². The third-order valence-electron chi connectivity index (χ3n) is 2.94. The fourth-order valence-corrected chi connectivity index (χ4v) is 2.38. The molecule has 0 saturated heterocycles. The zero-order valence-electron chi connectivity index (χ0n) is 11.3. The minimum absolute atomic E-state index is 0.0189. The molecule has 4 heteroatoms. The molecule has 98 valence electrons. The van der Waals surface area contributed by atoms with Crippen LogP contribution in [-0.2, 0) is 4.79 Å². The van der Waals surface area contributed by atoms with Crippen molar-refractivity contribution >= 4 is 34.8 Å². The molecular weight excluding hydrogens is 256 g/mol. The summed E-state index contributed by atoms with van der Waals surface area (Å²) in [6, 6.07) is 9.70. The van der Waals surface area contributed by atoms with Gasteiger partial charge in [-0.05, 0) is 48.2 Å². The molecule has 0 fully saturated rings. The molecule has 0 bridgehead atoms. The van der Waals surface area contributed by atoms with E-state index in [1.165, 1.54) is 10.4 Å². The van der Waals surface area contributed by atoms with Gasteiger partial charge in [0.2, 0.25) is 5.91 Å². The third-order valence-corrected chi connectivity index (χ3v) is 3.90. The second-order valence-electron chi connectivity index (χ2n) is 4.32. The molecule has 2 aromatic rings. The summed E-state index contributed by atoms with van der Waals surface area (Å²) in [5, 5.41) is 2.06. The van der Waals surface area contributed by atoms with Gasteiger partial charge in [0.1, 0.15) is 0 Å². The Morgan fingerprint density at radius 1 is 1.26 bits per heavy atom. The van der Waals surface area contributed by atoms with Crippen LogP contribution < -0.4 is 4.90 Å². The zero-order valence-corrected chi connectivity index (χ0v) is 12.1. The topological polar surface area (TPSA) is 32.7 Å². The van der Waals surface area contributed by atoms with Gasteiger partial charge < -0.3 is 4.90 Å². The molecule has 0 unspecified atom stereocenters. The van der Waals surface area contributed by atoms with Gasteiger partial charge in [-0.15, -0.1) is 11.3 Å². The highest BCUT2D eigenvalue weighted by atomic mass is 32.1. The van der Waals surface area contributed by atoms with E-state index in [1.807, 2.05) is 30.5 Å². The Labute approximate surface area is 117 Å². The molecule has 3 nitrogen and oxygen atoms in total. The first kappa shape index (κ1) is 13.5. The average Bonchev–Trinajstić information content (AvgIpc) is 2.81. The molecule has 0 radical (unpaired) electrons. The molecule has 0 atom stereocenters. The lowest BCUT2D eigenvalue weighted by molar-refractivity contribution is -0.116. The standard InChI is InChI=1S/C15H16N2OS/c1-11-8-9-19-15(11)10-16-13-4-6-14(7-5-13)17(3)12(2)18/h4-10H,1-3H3. The summed E-state index contributed by atoms with van der Waals surface area (Å²) in [6.45, 7) is 3.62. The van der Waals surface area contributed by atoms with E-state index in [0.29, 0.717) is 0 Å². The highest BCUT2D eigenvalue weighted by Gasteiger charge is 2.04. The van der Waals surface area contributed by atoms with Gasteiger partial charge >= 0.3 is 0 Å². The normalized spacial score (nSPS) is 10.9. The quantitative estimate of drug-likeness (QED) is 0.782. The van der Waals surface area contributed by atoms with Crippen molar-refractivity contribution in [3.63, 3.8) is 0 Å². The number of amides is 1. The number of benzene rings is 1. The Morgan fingerprint density at radius 2 is 1.95 bits per heavy atom. The fourth-order valence-electron chi connectivity index (χ4n) is 1.59.